The lowest BCUT2D eigenvalue weighted by Gasteiger charge is -2.35. The summed E-state index contributed by atoms with van der Waals surface area (Å²) in [4.78, 5) is 21.5. The lowest BCUT2D eigenvalue weighted by molar-refractivity contribution is 0.633. The van der Waals surface area contributed by atoms with E-state index in [1.807, 2.05) is 19.1 Å². The summed E-state index contributed by atoms with van der Waals surface area (Å²) in [5.74, 6) is 1.81. The van der Waals surface area contributed by atoms with Crippen molar-refractivity contribution in [2.24, 2.45) is 0 Å². The Hall–Kier alpha value is -2.24. The van der Waals surface area contributed by atoms with Crippen molar-refractivity contribution < 1.29 is 0 Å². The minimum atomic E-state index is 0.806. The maximum atomic E-state index is 4.33. The molecule has 6 nitrogen and oxygen atoms in total. The summed E-state index contributed by atoms with van der Waals surface area (Å²) < 4.78 is 0. The summed E-state index contributed by atoms with van der Waals surface area (Å²) in [5, 5.41) is 0. The molecule has 6 heteroatoms. The van der Waals surface area contributed by atoms with Gasteiger partial charge in [0, 0.05) is 50.3 Å². The zero-order chi connectivity index (χ0) is 13.1. The zero-order valence-corrected chi connectivity index (χ0v) is 10.9. The normalized spacial score (nSPS) is 15.6. The quantitative estimate of drug-likeness (QED) is 0.795. The Labute approximate surface area is 112 Å². The molecule has 1 fully saturated rings. The number of anilines is 2. The fourth-order valence-electron chi connectivity index (χ4n) is 2.20. The Kier molecular flexibility index (Phi) is 3.22. The van der Waals surface area contributed by atoms with Crippen molar-refractivity contribution in [3.05, 3.63) is 36.5 Å². The molecule has 3 heterocycles. The SMILES string of the molecule is Cc1cc(N2CCN(c3ncccn3)CC2)ncn1. The molecule has 0 atom stereocenters. The van der Waals surface area contributed by atoms with Crippen LogP contribution in [-0.2, 0) is 0 Å². The molecule has 0 amide bonds. The van der Waals surface area contributed by atoms with Crippen molar-refractivity contribution in [2.45, 2.75) is 6.92 Å². The number of nitrogens with zero attached hydrogens (tertiary/aromatic N) is 6. The van der Waals surface area contributed by atoms with Gasteiger partial charge in [-0.2, -0.15) is 0 Å². The molecule has 0 saturated carbocycles. The van der Waals surface area contributed by atoms with Gasteiger partial charge in [-0.3, -0.25) is 0 Å². The van der Waals surface area contributed by atoms with Gasteiger partial charge in [0.15, 0.2) is 0 Å². The lowest BCUT2D eigenvalue weighted by atomic mass is 10.3. The van der Waals surface area contributed by atoms with Gasteiger partial charge in [-0.15, -0.1) is 0 Å². The van der Waals surface area contributed by atoms with Crippen LogP contribution in [0.1, 0.15) is 5.69 Å². The van der Waals surface area contributed by atoms with Crippen LogP contribution in [0, 0.1) is 6.92 Å². The minimum absolute atomic E-state index is 0.806. The molecule has 0 spiro atoms. The molecule has 2 aromatic rings. The van der Waals surface area contributed by atoms with Crippen molar-refractivity contribution in [3.63, 3.8) is 0 Å². The molecule has 2 aromatic heterocycles. The smallest absolute Gasteiger partial charge is 0.225 e. The topological polar surface area (TPSA) is 58.0 Å². The van der Waals surface area contributed by atoms with Crippen LogP contribution in [-0.4, -0.2) is 46.1 Å². The predicted octanol–water partition coefficient (Wildman–Crippen LogP) is 0.902. The van der Waals surface area contributed by atoms with Gasteiger partial charge in [0.05, 0.1) is 0 Å². The molecule has 0 N–H and O–H groups in total. The number of aromatic nitrogens is 4. The summed E-state index contributed by atoms with van der Waals surface area (Å²) >= 11 is 0. The van der Waals surface area contributed by atoms with Crippen LogP contribution in [0.25, 0.3) is 0 Å². The first-order chi connectivity index (χ1) is 9.33. The average molecular weight is 256 g/mol. The van der Waals surface area contributed by atoms with Gasteiger partial charge in [-0.05, 0) is 13.0 Å². The van der Waals surface area contributed by atoms with E-state index in [0.29, 0.717) is 0 Å². The van der Waals surface area contributed by atoms with E-state index in [1.165, 1.54) is 0 Å². The molecule has 0 aromatic carbocycles. The van der Waals surface area contributed by atoms with E-state index in [-0.39, 0.29) is 0 Å². The number of piperazine rings is 1. The van der Waals surface area contributed by atoms with Crippen molar-refractivity contribution in [1.29, 1.82) is 0 Å². The first kappa shape index (κ1) is 11.8. The largest absolute Gasteiger partial charge is 0.353 e. The van der Waals surface area contributed by atoms with Gasteiger partial charge in [-0.1, -0.05) is 0 Å². The third-order valence-corrected chi connectivity index (χ3v) is 3.23. The average Bonchev–Trinajstić information content (AvgIpc) is 2.48. The molecule has 19 heavy (non-hydrogen) atoms. The van der Waals surface area contributed by atoms with E-state index in [4.69, 9.17) is 0 Å². The first-order valence-corrected chi connectivity index (χ1v) is 6.38. The zero-order valence-electron chi connectivity index (χ0n) is 10.9. The van der Waals surface area contributed by atoms with E-state index >= 15 is 0 Å². The molecular formula is C13H16N6. The van der Waals surface area contributed by atoms with Gasteiger partial charge in [0.1, 0.15) is 12.1 Å². The van der Waals surface area contributed by atoms with Crippen LogP contribution in [0.15, 0.2) is 30.9 Å². The highest BCUT2D eigenvalue weighted by atomic mass is 15.3. The standard InChI is InChI=1S/C13H16N6/c1-11-9-12(17-10-16-11)18-5-7-19(8-6-18)13-14-3-2-4-15-13/h2-4,9-10H,5-8H2,1H3. The minimum Gasteiger partial charge on any atom is -0.353 e. The van der Waals surface area contributed by atoms with E-state index in [1.54, 1.807) is 18.7 Å². The van der Waals surface area contributed by atoms with Crippen LogP contribution in [0.4, 0.5) is 11.8 Å². The Morgan fingerprint density at radius 3 is 2.26 bits per heavy atom. The molecule has 1 saturated heterocycles. The van der Waals surface area contributed by atoms with Crippen molar-refractivity contribution in [3.8, 4) is 0 Å². The summed E-state index contributed by atoms with van der Waals surface area (Å²) in [6.07, 6.45) is 5.18. The van der Waals surface area contributed by atoms with Gasteiger partial charge >= 0.3 is 0 Å². The highest BCUT2D eigenvalue weighted by Gasteiger charge is 2.19. The van der Waals surface area contributed by atoms with Crippen molar-refractivity contribution in [1.82, 2.24) is 19.9 Å². The molecule has 98 valence electrons. The van der Waals surface area contributed by atoms with Crippen molar-refractivity contribution >= 4 is 11.8 Å². The molecular weight excluding hydrogens is 240 g/mol. The van der Waals surface area contributed by atoms with Crippen LogP contribution in [0.5, 0.6) is 0 Å². The van der Waals surface area contributed by atoms with Crippen LogP contribution in [0.3, 0.4) is 0 Å². The molecule has 3 rings (SSSR count). The predicted molar refractivity (Wildman–Crippen MR) is 73.2 cm³/mol. The second kappa shape index (κ2) is 5.17. The molecule has 0 radical (unpaired) electrons. The lowest BCUT2D eigenvalue weighted by Crippen LogP contribution is -2.47. The molecule has 0 aliphatic carbocycles. The maximum Gasteiger partial charge on any atom is 0.225 e. The second-order valence-corrected chi connectivity index (χ2v) is 4.54. The highest BCUT2D eigenvalue weighted by Crippen LogP contribution is 2.15. The monoisotopic (exact) mass is 256 g/mol. The maximum absolute atomic E-state index is 4.33. The molecule has 1 aliphatic heterocycles. The van der Waals surface area contributed by atoms with E-state index in [2.05, 4.69) is 29.7 Å². The van der Waals surface area contributed by atoms with E-state index in [9.17, 15) is 0 Å². The number of aryl methyl sites for hydroxylation is 1. The number of hydrogen-bond donors (Lipinski definition) is 0. The van der Waals surface area contributed by atoms with E-state index in [0.717, 1.165) is 43.6 Å². The Bertz CT molecular complexity index is 536. The summed E-state index contributed by atoms with van der Waals surface area (Å²) in [6.45, 7) is 5.66. The third kappa shape index (κ3) is 2.62. The van der Waals surface area contributed by atoms with Gasteiger partial charge in [0.2, 0.25) is 5.95 Å². The molecule has 0 unspecified atom stereocenters. The van der Waals surface area contributed by atoms with Crippen LogP contribution in [0.2, 0.25) is 0 Å². The fraction of sp³-hybridized carbons (Fsp3) is 0.385. The molecule has 1 aliphatic rings. The summed E-state index contributed by atoms with van der Waals surface area (Å²) in [5.41, 5.74) is 0.999. The Morgan fingerprint density at radius 2 is 1.58 bits per heavy atom. The van der Waals surface area contributed by atoms with Crippen molar-refractivity contribution in [2.75, 3.05) is 36.0 Å². The summed E-state index contributed by atoms with van der Waals surface area (Å²) in [7, 11) is 0. The van der Waals surface area contributed by atoms with E-state index < -0.39 is 0 Å². The molecule has 0 bridgehead atoms. The fourth-order valence-corrected chi connectivity index (χ4v) is 2.20. The Balaban J connectivity index is 1.67. The van der Waals surface area contributed by atoms with Crippen LogP contribution >= 0.6 is 0 Å². The van der Waals surface area contributed by atoms with Gasteiger partial charge < -0.3 is 9.80 Å². The van der Waals surface area contributed by atoms with Crippen LogP contribution < -0.4 is 9.80 Å². The highest BCUT2D eigenvalue weighted by molar-refractivity contribution is 5.42. The Morgan fingerprint density at radius 1 is 0.895 bits per heavy atom. The second-order valence-electron chi connectivity index (χ2n) is 4.54. The number of hydrogen-bond acceptors (Lipinski definition) is 6. The summed E-state index contributed by atoms with van der Waals surface area (Å²) in [6, 6.07) is 3.86. The number of rotatable bonds is 2. The first-order valence-electron chi connectivity index (χ1n) is 6.38. The van der Waals surface area contributed by atoms with Gasteiger partial charge in [-0.25, -0.2) is 19.9 Å². The van der Waals surface area contributed by atoms with Gasteiger partial charge in [0.25, 0.3) is 0 Å². The third-order valence-electron chi connectivity index (χ3n) is 3.23.